The second-order valence-corrected chi connectivity index (χ2v) is 6.90. The molecule has 3 aromatic rings. The fraction of sp³-hybridized carbons (Fsp3) is 0. The molecule has 1 aliphatic rings. The van der Waals surface area contributed by atoms with Crippen LogP contribution in [0.1, 0.15) is 5.69 Å². The summed E-state index contributed by atoms with van der Waals surface area (Å²) >= 11 is 11.2. The first kappa shape index (κ1) is 18.2. The molecular formula is C21H14ClN3O2S. The Hall–Kier alpha value is -3.22. The van der Waals surface area contributed by atoms with E-state index >= 15 is 0 Å². The van der Waals surface area contributed by atoms with Gasteiger partial charge in [0.15, 0.2) is 5.11 Å². The maximum Gasteiger partial charge on any atom is 0.270 e. The van der Waals surface area contributed by atoms with E-state index in [0.29, 0.717) is 16.4 Å². The van der Waals surface area contributed by atoms with Crippen LogP contribution in [0.2, 0.25) is 5.02 Å². The molecule has 7 heteroatoms. The van der Waals surface area contributed by atoms with Gasteiger partial charge >= 0.3 is 0 Å². The van der Waals surface area contributed by atoms with E-state index in [0.717, 1.165) is 5.69 Å². The zero-order valence-electron chi connectivity index (χ0n) is 14.5. The Balaban J connectivity index is 1.74. The van der Waals surface area contributed by atoms with Crippen LogP contribution < -0.4 is 10.2 Å². The molecule has 1 N–H and O–H groups in total. The summed E-state index contributed by atoms with van der Waals surface area (Å²) in [4.78, 5) is 26.8. The molecule has 2 heterocycles. The van der Waals surface area contributed by atoms with Gasteiger partial charge in [0.1, 0.15) is 5.57 Å². The van der Waals surface area contributed by atoms with Crippen LogP contribution >= 0.6 is 23.8 Å². The van der Waals surface area contributed by atoms with Gasteiger partial charge in [0.25, 0.3) is 11.8 Å². The van der Waals surface area contributed by atoms with E-state index in [2.05, 4.69) is 5.32 Å². The van der Waals surface area contributed by atoms with Crippen LogP contribution in [-0.2, 0) is 9.59 Å². The first-order chi connectivity index (χ1) is 13.5. The van der Waals surface area contributed by atoms with Crippen molar-refractivity contribution in [1.82, 2.24) is 9.88 Å². The summed E-state index contributed by atoms with van der Waals surface area (Å²) in [5, 5.41) is 3.28. The highest BCUT2D eigenvalue weighted by molar-refractivity contribution is 7.80. The maximum absolute atomic E-state index is 13.0. The van der Waals surface area contributed by atoms with Crippen LogP contribution in [0.5, 0.6) is 0 Å². The van der Waals surface area contributed by atoms with Crippen LogP contribution in [0.4, 0.5) is 5.69 Å². The highest BCUT2D eigenvalue weighted by atomic mass is 35.5. The molecule has 2 aromatic carbocycles. The Morgan fingerprint density at radius 1 is 0.893 bits per heavy atom. The average Bonchev–Trinajstić information content (AvgIpc) is 3.15. The number of para-hydroxylation sites is 1. The van der Waals surface area contributed by atoms with E-state index in [1.807, 2.05) is 41.1 Å². The summed E-state index contributed by atoms with van der Waals surface area (Å²) in [5.74, 6) is -0.991. The third-order valence-electron chi connectivity index (χ3n) is 4.29. The van der Waals surface area contributed by atoms with Gasteiger partial charge in [-0.2, -0.15) is 0 Å². The SMILES string of the molecule is O=C1NC(=S)N(c2ccccc2)C(=O)/C1=C\c1cccn1-c1ccc(Cl)cc1. The lowest BCUT2D eigenvalue weighted by Crippen LogP contribution is -2.54. The number of aromatic nitrogens is 1. The van der Waals surface area contributed by atoms with Crippen molar-refractivity contribution >= 4 is 52.5 Å². The van der Waals surface area contributed by atoms with E-state index in [9.17, 15) is 9.59 Å². The molecule has 28 heavy (non-hydrogen) atoms. The molecule has 0 bridgehead atoms. The topological polar surface area (TPSA) is 54.3 Å². The van der Waals surface area contributed by atoms with Gasteiger partial charge in [0.05, 0.1) is 5.69 Å². The summed E-state index contributed by atoms with van der Waals surface area (Å²) in [6.45, 7) is 0. The van der Waals surface area contributed by atoms with Crippen LogP contribution in [0.25, 0.3) is 11.8 Å². The van der Waals surface area contributed by atoms with Gasteiger partial charge in [0, 0.05) is 22.6 Å². The predicted octanol–water partition coefficient (Wildman–Crippen LogP) is 3.96. The number of benzene rings is 2. The number of hydrogen-bond acceptors (Lipinski definition) is 3. The van der Waals surface area contributed by atoms with Gasteiger partial charge in [-0.1, -0.05) is 29.8 Å². The summed E-state index contributed by atoms with van der Waals surface area (Å²) < 4.78 is 1.86. The largest absolute Gasteiger partial charge is 0.317 e. The zero-order chi connectivity index (χ0) is 19.7. The Bertz CT molecular complexity index is 1100. The molecule has 0 unspecified atom stereocenters. The molecule has 0 spiro atoms. The minimum Gasteiger partial charge on any atom is -0.317 e. The summed E-state index contributed by atoms with van der Waals surface area (Å²) in [6, 6.07) is 19.9. The molecule has 0 saturated carbocycles. The van der Waals surface area contributed by atoms with Gasteiger partial charge in [-0.25, -0.2) is 0 Å². The second-order valence-electron chi connectivity index (χ2n) is 6.07. The van der Waals surface area contributed by atoms with Crippen molar-refractivity contribution in [2.24, 2.45) is 0 Å². The first-order valence-electron chi connectivity index (χ1n) is 8.44. The highest BCUT2D eigenvalue weighted by Crippen LogP contribution is 2.23. The average molecular weight is 408 g/mol. The van der Waals surface area contributed by atoms with Gasteiger partial charge in [-0.3, -0.25) is 19.8 Å². The molecule has 5 nitrogen and oxygen atoms in total. The van der Waals surface area contributed by atoms with Crippen molar-refractivity contribution in [1.29, 1.82) is 0 Å². The van der Waals surface area contributed by atoms with Crippen LogP contribution in [0.15, 0.2) is 78.5 Å². The van der Waals surface area contributed by atoms with Crippen molar-refractivity contribution in [2.75, 3.05) is 4.90 Å². The second kappa shape index (κ2) is 7.42. The summed E-state index contributed by atoms with van der Waals surface area (Å²) in [6.07, 6.45) is 3.41. The summed E-state index contributed by atoms with van der Waals surface area (Å²) in [5.41, 5.74) is 2.14. The van der Waals surface area contributed by atoms with E-state index < -0.39 is 11.8 Å². The van der Waals surface area contributed by atoms with Crippen molar-refractivity contribution in [3.63, 3.8) is 0 Å². The molecular weight excluding hydrogens is 394 g/mol. The third kappa shape index (κ3) is 3.35. The van der Waals surface area contributed by atoms with Crippen LogP contribution in [-0.4, -0.2) is 21.5 Å². The normalized spacial score (nSPS) is 15.8. The quantitative estimate of drug-likeness (QED) is 0.406. The van der Waals surface area contributed by atoms with Gasteiger partial charge < -0.3 is 4.57 Å². The van der Waals surface area contributed by atoms with Gasteiger partial charge in [0.2, 0.25) is 0 Å². The molecule has 0 radical (unpaired) electrons. The number of thiocarbonyl (C=S) groups is 1. The zero-order valence-corrected chi connectivity index (χ0v) is 16.1. The predicted molar refractivity (Wildman–Crippen MR) is 113 cm³/mol. The lowest BCUT2D eigenvalue weighted by Gasteiger charge is -2.28. The molecule has 1 saturated heterocycles. The van der Waals surface area contributed by atoms with E-state index in [1.54, 1.807) is 42.5 Å². The van der Waals surface area contributed by atoms with Crippen molar-refractivity contribution < 1.29 is 9.59 Å². The first-order valence-corrected chi connectivity index (χ1v) is 9.23. The fourth-order valence-corrected chi connectivity index (χ4v) is 3.37. The number of nitrogens with one attached hydrogen (secondary N) is 1. The van der Waals surface area contributed by atoms with Crippen molar-refractivity contribution in [2.45, 2.75) is 0 Å². The lowest BCUT2D eigenvalue weighted by molar-refractivity contribution is -0.122. The Kier molecular flexibility index (Phi) is 4.81. The number of halogens is 1. The number of anilines is 1. The number of nitrogens with zero attached hydrogens (tertiary/aromatic N) is 2. The minimum absolute atomic E-state index is 0.00589. The summed E-state index contributed by atoms with van der Waals surface area (Å²) in [7, 11) is 0. The van der Waals surface area contributed by atoms with Crippen molar-refractivity contribution in [3.8, 4) is 5.69 Å². The highest BCUT2D eigenvalue weighted by Gasteiger charge is 2.34. The smallest absolute Gasteiger partial charge is 0.270 e. The molecule has 0 atom stereocenters. The molecule has 4 rings (SSSR count). The standard InChI is InChI=1S/C21H14ClN3O2S/c22-14-8-10-15(11-9-14)24-12-4-7-17(24)13-18-19(26)23-21(28)25(20(18)27)16-5-2-1-3-6-16/h1-13H,(H,23,26,28)/b18-13-. The Morgan fingerprint density at radius 3 is 2.32 bits per heavy atom. The lowest BCUT2D eigenvalue weighted by atomic mass is 10.1. The maximum atomic E-state index is 13.0. The van der Waals surface area contributed by atoms with Gasteiger partial charge in [-0.05, 0) is 66.8 Å². The van der Waals surface area contributed by atoms with E-state index in [4.69, 9.17) is 23.8 Å². The third-order valence-corrected chi connectivity index (χ3v) is 4.83. The molecule has 138 valence electrons. The van der Waals surface area contributed by atoms with E-state index in [-0.39, 0.29) is 10.7 Å². The molecule has 1 aromatic heterocycles. The Labute approximate surface area is 171 Å². The number of amides is 2. The van der Waals surface area contributed by atoms with E-state index in [1.165, 1.54) is 4.90 Å². The Morgan fingerprint density at radius 2 is 1.61 bits per heavy atom. The van der Waals surface area contributed by atoms with Crippen LogP contribution in [0, 0.1) is 0 Å². The number of hydrogen-bond donors (Lipinski definition) is 1. The monoisotopic (exact) mass is 407 g/mol. The molecule has 1 fully saturated rings. The fourth-order valence-electron chi connectivity index (χ4n) is 2.97. The molecule has 2 amide bonds. The van der Waals surface area contributed by atoms with Crippen LogP contribution in [0.3, 0.4) is 0 Å². The number of carbonyl (C=O) groups excluding carboxylic acids is 2. The number of rotatable bonds is 3. The minimum atomic E-state index is -0.522. The van der Waals surface area contributed by atoms with Gasteiger partial charge in [-0.15, -0.1) is 0 Å². The molecule has 0 aliphatic carbocycles. The molecule has 1 aliphatic heterocycles. The number of carbonyl (C=O) groups is 2. The van der Waals surface area contributed by atoms with Crippen molar-refractivity contribution in [3.05, 3.63) is 89.2 Å².